The minimum Gasteiger partial charge on any atom is -0.462 e. The summed E-state index contributed by atoms with van der Waals surface area (Å²) in [7, 11) is 0. The maximum Gasteiger partial charge on any atom is 2.00 e. The van der Waals surface area contributed by atoms with Crippen molar-refractivity contribution < 1.29 is 45.4 Å². The summed E-state index contributed by atoms with van der Waals surface area (Å²) < 4.78 is 5.45. The number of nitrogens with one attached hydrogen (secondary N) is 1. The summed E-state index contributed by atoms with van der Waals surface area (Å²) in [4.78, 5) is 36.5. The fraction of sp³-hybridized carbons (Fsp3) is 0.475. The summed E-state index contributed by atoms with van der Waals surface area (Å²) in [6.07, 6.45) is 14.1. The van der Waals surface area contributed by atoms with Crippen molar-refractivity contribution in [2.24, 2.45) is 16.6 Å². The third-order valence-electron chi connectivity index (χ3n) is 6.93. The van der Waals surface area contributed by atoms with Gasteiger partial charge in [-0.05, 0) is 69.0 Å². The Morgan fingerprint density at radius 2 is 1.78 bits per heavy atom. The zero-order valence-electron chi connectivity index (χ0n) is 31.4. The molecule has 2 aromatic rings. The number of hydrogen-bond donors (Lipinski definition) is 2. The maximum absolute atomic E-state index is 12.7. The molecule has 268 valence electrons. The van der Waals surface area contributed by atoms with Crippen LogP contribution in [0.25, 0.3) is 5.70 Å². The number of esters is 1. The molecule has 1 aromatic heterocycles. The number of aliphatic imine (C=N–C) groups is 1. The number of carbonyl (C=O) groups excluding carboxylic acids is 2. The predicted octanol–water partition coefficient (Wildman–Crippen LogP) is 9.00. The van der Waals surface area contributed by atoms with Gasteiger partial charge in [0, 0.05) is 24.2 Å². The first-order valence-corrected chi connectivity index (χ1v) is 17.3. The van der Waals surface area contributed by atoms with Gasteiger partial charge in [0.25, 0.3) is 5.91 Å². The molecule has 9 heteroatoms. The van der Waals surface area contributed by atoms with Crippen LogP contribution in [0.4, 0.5) is 5.82 Å². The Bertz CT molecular complexity index is 1300. The van der Waals surface area contributed by atoms with E-state index in [1.165, 1.54) is 31.9 Å². The second-order valence-electron chi connectivity index (χ2n) is 11.3. The number of amides is 1. The molecule has 1 aliphatic rings. The number of rotatable bonds is 17. The Hall–Kier alpha value is -2.99. The van der Waals surface area contributed by atoms with Crippen molar-refractivity contribution in [3.63, 3.8) is 0 Å². The SMILES string of the molecule is C=C\C=C(/N=C(/C=C(\N)C(=O)Nc1ccc(C(=O)OCCCN(CCC)CCC2CC2)cn1)CC)c1c[c-]c(C)cc1.CC.CCC.[CH3-].[U+2]. The number of aryl methyl sites for hydroxylation is 1. The predicted molar refractivity (Wildman–Crippen MR) is 204 cm³/mol. The second-order valence-corrected chi connectivity index (χ2v) is 11.3. The average Bonchev–Trinajstić information content (AvgIpc) is 3.91. The standard InChI is InChI=1S/C34H44N5O3.C3H8.C2H6.CH3.U/c1-5-9-31(27-14-10-25(4)11-15-27)37-29(7-3)23-30(35)33(40)38-32-17-16-28(24-36-32)34(41)42-22-8-20-39(19-6-2)21-18-26-12-13-26;1-3-2;1-2;;/h5,9-10,14-17,23-24,26H,1,6-8,12-13,18-22,35H2,2-4H3,(H,36,38,40);3H2,1-2H3;1-2H3;1H3;/q-1;;;-1;+2/b30-23-,31-9-,37-29+;;;;. The first-order chi connectivity index (χ1) is 22.7. The molecule has 3 N–H and O–H groups in total. The van der Waals surface area contributed by atoms with Gasteiger partial charge >= 0.3 is 37.1 Å². The molecule has 49 heavy (non-hydrogen) atoms. The molecule has 1 fully saturated rings. The van der Waals surface area contributed by atoms with Gasteiger partial charge in [0.1, 0.15) is 5.82 Å². The van der Waals surface area contributed by atoms with E-state index in [1.54, 1.807) is 30.4 Å². The molecule has 3 rings (SSSR count). The molecule has 0 spiro atoms. The zero-order chi connectivity index (χ0) is 35.0. The van der Waals surface area contributed by atoms with Gasteiger partial charge in [0.05, 0.1) is 17.9 Å². The summed E-state index contributed by atoms with van der Waals surface area (Å²) in [5.41, 5.74) is 9.63. The number of nitrogens with zero attached hydrogens (tertiary/aromatic N) is 3. The van der Waals surface area contributed by atoms with Crippen LogP contribution in [0, 0.1) is 57.4 Å². The molecular weight excluding hydrogens is 837 g/mol. The van der Waals surface area contributed by atoms with Crippen LogP contribution in [-0.2, 0) is 9.53 Å². The minimum absolute atomic E-state index is 0. The molecule has 1 saturated carbocycles. The summed E-state index contributed by atoms with van der Waals surface area (Å²) in [6.45, 7) is 21.6. The van der Waals surface area contributed by atoms with E-state index in [1.807, 2.05) is 45.9 Å². The number of hydrogen-bond acceptors (Lipinski definition) is 7. The van der Waals surface area contributed by atoms with E-state index in [0.717, 1.165) is 49.5 Å². The summed E-state index contributed by atoms with van der Waals surface area (Å²) in [5.74, 6) is 0.239. The van der Waals surface area contributed by atoms with Crippen molar-refractivity contribution >= 4 is 29.1 Å². The van der Waals surface area contributed by atoms with Crippen LogP contribution in [0.2, 0.25) is 0 Å². The average molecular weight is 898 g/mol. The van der Waals surface area contributed by atoms with Crippen LogP contribution in [0.1, 0.15) is 108 Å². The molecule has 0 radical (unpaired) electrons. The van der Waals surface area contributed by atoms with E-state index in [0.29, 0.717) is 30.0 Å². The van der Waals surface area contributed by atoms with Crippen molar-refractivity contribution in [1.29, 1.82) is 0 Å². The number of anilines is 1. The first kappa shape index (κ1) is 48.1. The smallest absolute Gasteiger partial charge is 0.462 e. The molecule has 0 bridgehead atoms. The van der Waals surface area contributed by atoms with Gasteiger partial charge in [-0.2, -0.15) is 29.8 Å². The quantitative estimate of drug-likeness (QED) is 0.0410. The number of allylic oxidation sites excluding steroid dienone is 3. The molecule has 0 saturated heterocycles. The van der Waals surface area contributed by atoms with Crippen LogP contribution in [0.5, 0.6) is 0 Å². The van der Waals surface area contributed by atoms with Crippen LogP contribution >= 0.6 is 0 Å². The molecule has 1 amide bonds. The van der Waals surface area contributed by atoms with E-state index in [2.05, 4.69) is 48.6 Å². The Kier molecular flexibility index (Phi) is 28.3. The summed E-state index contributed by atoms with van der Waals surface area (Å²) >= 11 is 0. The minimum atomic E-state index is -0.518. The van der Waals surface area contributed by atoms with E-state index in [-0.39, 0.29) is 50.1 Å². The summed E-state index contributed by atoms with van der Waals surface area (Å²) in [5, 5.41) is 2.66. The van der Waals surface area contributed by atoms with Gasteiger partial charge in [0.2, 0.25) is 0 Å². The largest absolute Gasteiger partial charge is 2.00 e. The Morgan fingerprint density at radius 1 is 1.10 bits per heavy atom. The van der Waals surface area contributed by atoms with Gasteiger partial charge in [-0.25, -0.2) is 9.78 Å². The Balaban J connectivity index is 0. The molecule has 0 unspecified atom stereocenters. The van der Waals surface area contributed by atoms with E-state index < -0.39 is 11.9 Å². The maximum atomic E-state index is 12.7. The van der Waals surface area contributed by atoms with E-state index in [4.69, 9.17) is 15.5 Å². The van der Waals surface area contributed by atoms with Gasteiger partial charge in [-0.3, -0.25) is 9.79 Å². The first-order valence-electron chi connectivity index (χ1n) is 17.3. The summed E-state index contributed by atoms with van der Waals surface area (Å²) in [6, 6.07) is 12.1. The van der Waals surface area contributed by atoms with Crippen molar-refractivity contribution in [2.45, 2.75) is 93.4 Å². The van der Waals surface area contributed by atoms with E-state index in [9.17, 15) is 9.59 Å². The molecule has 1 aliphatic carbocycles. The molecular formula is C40H61N5O3U. The van der Waals surface area contributed by atoms with Crippen molar-refractivity contribution in [3.05, 3.63) is 97.2 Å². The number of aromatic nitrogens is 1. The third kappa shape index (κ3) is 20.3. The van der Waals surface area contributed by atoms with Gasteiger partial charge < -0.3 is 28.1 Å². The van der Waals surface area contributed by atoms with E-state index >= 15 is 0 Å². The second kappa shape index (κ2) is 28.8. The van der Waals surface area contributed by atoms with Gasteiger partial charge in [0.15, 0.2) is 0 Å². The van der Waals surface area contributed by atoms with Crippen molar-refractivity contribution in [3.8, 4) is 0 Å². The monoisotopic (exact) mass is 898 g/mol. The van der Waals surface area contributed by atoms with Crippen LogP contribution in [0.3, 0.4) is 0 Å². The molecule has 8 nitrogen and oxygen atoms in total. The van der Waals surface area contributed by atoms with Crippen molar-refractivity contribution in [1.82, 2.24) is 9.88 Å². The van der Waals surface area contributed by atoms with Crippen LogP contribution in [0.15, 0.2) is 72.0 Å². The number of pyridine rings is 1. The number of ether oxygens (including phenoxy) is 1. The fourth-order valence-corrected chi connectivity index (χ4v) is 4.32. The van der Waals surface area contributed by atoms with Gasteiger partial charge in [-0.1, -0.05) is 80.4 Å². The normalized spacial score (nSPS) is 12.6. The molecule has 1 aromatic carbocycles. The number of carbonyl (C=O) groups is 2. The third-order valence-corrected chi connectivity index (χ3v) is 6.93. The number of benzene rings is 1. The van der Waals surface area contributed by atoms with Gasteiger partial charge in [-0.15, -0.1) is 5.56 Å². The molecule has 0 aliphatic heterocycles. The van der Waals surface area contributed by atoms with Crippen LogP contribution in [-0.4, -0.2) is 53.7 Å². The zero-order valence-corrected chi connectivity index (χ0v) is 35.6. The molecule has 1 heterocycles. The Labute approximate surface area is 321 Å². The number of nitrogens with two attached hydrogens (primary N) is 1. The van der Waals surface area contributed by atoms with Crippen molar-refractivity contribution in [2.75, 3.05) is 31.6 Å². The Morgan fingerprint density at radius 3 is 2.31 bits per heavy atom. The molecule has 0 atom stereocenters. The fourth-order valence-electron chi connectivity index (χ4n) is 4.32. The topological polar surface area (TPSA) is 110 Å². The van der Waals surface area contributed by atoms with Crippen LogP contribution < -0.4 is 11.1 Å².